The first kappa shape index (κ1) is 16.2. The Balaban J connectivity index is 1.94. The smallest absolute Gasteiger partial charge is 0.162 e. The predicted molar refractivity (Wildman–Crippen MR) is 76.1 cm³/mol. The largest absolute Gasteiger partial charge is 0.350 e. The fourth-order valence-electron chi connectivity index (χ4n) is 2.95. The van der Waals surface area contributed by atoms with Gasteiger partial charge in [-0.25, -0.2) is 0 Å². The molecule has 5 nitrogen and oxygen atoms in total. The van der Waals surface area contributed by atoms with Crippen LogP contribution >= 0.6 is 0 Å². The van der Waals surface area contributed by atoms with Crippen molar-refractivity contribution in [2.45, 2.75) is 45.7 Å². The van der Waals surface area contributed by atoms with Gasteiger partial charge in [-0.05, 0) is 46.6 Å². The van der Waals surface area contributed by atoms with Crippen LogP contribution in [0.1, 0.15) is 34.1 Å². The molecule has 2 rings (SSSR count). The summed E-state index contributed by atoms with van der Waals surface area (Å²) in [5.74, 6) is 0.221. The lowest BCUT2D eigenvalue weighted by Crippen LogP contribution is -2.48. The number of hydrogen-bond donors (Lipinski definition) is 1. The molecule has 0 amide bonds. The van der Waals surface area contributed by atoms with Crippen molar-refractivity contribution < 1.29 is 18.9 Å². The van der Waals surface area contributed by atoms with Crippen LogP contribution in [0.5, 0.6) is 0 Å². The van der Waals surface area contributed by atoms with Crippen molar-refractivity contribution in [1.82, 2.24) is 0 Å². The molecule has 2 aliphatic heterocycles. The van der Waals surface area contributed by atoms with Gasteiger partial charge in [0.05, 0.1) is 26.4 Å². The van der Waals surface area contributed by atoms with Crippen LogP contribution in [0.3, 0.4) is 0 Å². The van der Waals surface area contributed by atoms with Crippen LogP contribution in [0, 0.1) is 17.8 Å². The molecule has 2 N–H and O–H groups in total. The highest BCUT2D eigenvalue weighted by atomic mass is 16.7. The number of nitrogens with two attached hydrogens (primary N) is 1. The van der Waals surface area contributed by atoms with Crippen molar-refractivity contribution in [3.8, 4) is 0 Å². The summed E-state index contributed by atoms with van der Waals surface area (Å²) in [7, 11) is 0. The molecule has 0 saturated carbocycles. The van der Waals surface area contributed by atoms with Crippen molar-refractivity contribution >= 4 is 0 Å². The first-order chi connectivity index (χ1) is 9.33. The number of rotatable bonds is 4. The lowest BCUT2D eigenvalue weighted by molar-refractivity contribution is -0.289. The summed E-state index contributed by atoms with van der Waals surface area (Å²) < 4.78 is 23.2. The van der Waals surface area contributed by atoms with Gasteiger partial charge in [0.1, 0.15) is 0 Å². The molecule has 0 aromatic heterocycles. The van der Waals surface area contributed by atoms with E-state index in [1.54, 1.807) is 0 Å². The SMILES string of the molecule is CC1(C)OCC(C(CCN)C2COC(C)(C)OC2)CO1. The second-order valence-corrected chi connectivity index (χ2v) is 6.81. The van der Waals surface area contributed by atoms with Gasteiger partial charge in [-0.15, -0.1) is 0 Å². The summed E-state index contributed by atoms with van der Waals surface area (Å²) in [5.41, 5.74) is 5.79. The summed E-state index contributed by atoms with van der Waals surface area (Å²) >= 11 is 0. The van der Waals surface area contributed by atoms with E-state index in [1.807, 2.05) is 27.7 Å². The molecule has 0 aromatic rings. The molecule has 2 aliphatic rings. The minimum atomic E-state index is -0.467. The van der Waals surface area contributed by atoms with Crippen LogP contribution in [0.4, 0.5) is 0 Å². The Hall–Kier alpha value is -0.200. The third-order valence-electron chi connectivity index (χ3n) is 4.29. The fourth-order valence-corrected chi connectivity index (χ4v) is 2.95. The van der Waals surface area contributed by atoms with Gasteiger partial charge < -0.3 is 24.7 Å². The van der Waals surface area contributed by atoms with Gasteiger partial charge in [-0.3, -0.25) is 0 Å². The second-order valence-electron chi connectivity index (χ2n) is 6.81. The van der Waals surface area contributed by atoms with E-state index in [9.17, 15) is 0 Å². The topological polar surface area (TPSA) is 62.9 Å². The van der Waals surface area contributed by atoms with Crippen molar-refractivity contribution in [1.29, 1.82) is 0 Å². The second kappa shape index (κ2) is 6.28. The van der Waals surface area contributed by atoms with Crippen molar-refractivity contribution in [2.24, 2.45) is 23.5 Å². The van der Waals surface area contributed by atoms with Crippen molar-refractivity contribution in [3.63, 3.8) is 0 Å². The molecule has 5 heteroatoms. The molecular weight excluding hydrogens is 258 g/mol. The molecule has 0 aliphatic carbocycles. The van der Waals surface area contributed by atoms with Crippen LogP contribution < -0.4 is 5.73 Å². The van der Waals surface area contributed by atoms with E-state index >= 15 is 0 Å². The summed E-state index contributed by atoms with van der Waals surface area (Å²) in [4.78, 5) is 0. The zero-order valence-electron chi connectivity index (χ0n) is 13.2. The Bertz CT molecular complexity index is 271. The number of hydrogen-bond acceptors (Lipinski definition) is 5. The quantitative estimate of drug-likeness (QED) is 0.853. The predicted octanol–water partition coefficient (Wildman–Crippen LogP) is 1.75. The fraction of sp³-hybridized carbons (Fsp3) is 1.00. The molecule has 2 saturated heterocycles. The maximum absolute atomic E-state index is 5.79. The van der Waals surface area contributed by atoms with Crippen LogP contribution in [-0.4, -0.2) is 44.5 Å². The van der Waals surface area contributed by atoms with Crippen LogP contribution in [0.25, 0.3) is 0 Å². The monoisotopic (exact) mass is 287 g/mol. The van der Waals surface area contributed by atoms with E-state index in [4.69, 9.17) is 24.7 Å². The summed E-state index contributed by atoms with van der Waals surface area (Å²) in [5, 5.41) is 0. The van der Waals surface area contributed by atoms with Gasteiger partial charge in [0.2, 0.25) is 0 Å². The third-order valence-corrected chi connectivity index (χ3v) is 4.29. The molecule has 118 valence electrons. The molecule has 0 radical (unpaired) electrons. The molecule has 0 spiro atoms. The Morgan fingerprint density at radius 2 is 1.20 bits per heavy atom. The van der Waals surface area contributed by atoms with E-state index in [2.05, 4.69) is 0 Å². The normalized spacial score (nSPS) is 27.9. The van der Waals surface area contributed by atoms with Crippen LogP contribution in [-0.2, 0) is 18.9 Å². The van der Waals surface area contributed by atoms with E-state index < -0.39 is 11.6 Å². The number of ether oxygens (including phenoxy) is 4. The molecule has 0 unspecified atom stereocenters. The zero-order chi connectivity index (χ0) is 14.8. The summed E-state index contributed by atoms with van der Waals surface area (Å²) in [6, 6.07) is 0. The van der Waals surface area contributed by atoms with Gasteiger partial charge in [0, 0.05) is 11.8 Å². The highest BCUT2D eigenvalue weighted by molar-refractivity contribution is 4.82. The van der Waals surface area contributed by atoms with Gasteiger partial charge >= 0.3 is 0 Å². The summed E-state index contributed by atoms with van der Waals surface area (Å²) in [6.07, 6.45) is 0.954. The zero-order valence-corrected chi connectivity index (χ0v) is 13.2. The molecule has 0 atom stereocenters. The highest BCUT2D eigenvalue weighted by Gasteiger charge is 2.39. The van der Waals surface area contributed by atoms with E-state index in [0.717, 1.165) is 32.8 Å². The van der Waals surface area contributed by atoms with E-state index in [-0.39, 0.29) is 0 Å². The van der Waals surface area contributed by atoms with Crippen LogP contribution in [0.2, 0.25) is 0 Å². The summed E-state index contributed by atoms with van der Waals surface area (Å²) in [6.45, 7) is 11.4. The van der Waals surface area contributed by atoms with Gasteiger partial charge in [-0.1, -0.05) is 0 Å². The highest BCUT2D eigenvalue weighted by Crippen LogP contribution is 2.34. The van der Waals surface area contributed by atoms with E-state index in [1.165, 1.54) is 0 Å². The average molecular weight is 287 g/mol. The molecule has 0 aromatic carbocycles. The molecule has 2 heterocycles. The Labute approximate surface area is 122 Å². The minimum Gasteiger partial charge on any atom is -0.350 e. The first-order valence-corrected chi connectivity index (χ1v) is 7.59. The van der Waals surface area contributed by atoms with Crippen LogP contribution in [0.15, 0.2) is 0 Å². The standard InChI is InChI=1S/C15H29NO4/c1-14(2)17-7-11(8-18-14)13(5-6-16)12-9-19-15(3,4)20-10-12/h11-13H,5-10,16H2,1-4H3. The van der Waals surface area contributed by atoms with Gasteiger partial charge in [0.25, 0.3) is 0 Å². The molecule has 20 heavy (non-hydrogen) atoms. The van der Waals surface area contributed by atoms with Gasteiger partial charge in [0.15, 0.2) is 11.6 Å². The van der Waals surface area contributed by atoms with E-state index in [0.29, 0.717) is 24.3 Å². The molecule has 2 fully saturated rings. The maximum Gasteiger partial charge on any atom is 0.162 e. The first-order valence-electron chi connectivity index (χ1n) is 7.59. The maximum atomic E-state index is 5.79. The minimum absolute atomic E-state index is 0.366. The molecule has 0 bridgehead atoms. The lowest BCUT2D eigenvalue weighted by Gasteiger charge is -2.43. The Morgan fingerprint density at radius 3 is 1.50 bits per heavy atom. The Morgan fingerprint density at radius 1 is 0.850 bits per heavy atom. The van der Waals surface area contributed by atoms with Crippen molar-refractivity contribution in [2.75, 3.05) is 33.0 Å². The van der Waals surface area contributed by atoms with Gasteiger partial charge in [-0.2, -0.15) is 0 Å². The molecular formula is C15H29NO4. The lowest BCUT2D eigenvalue weighted by atomic mass is 9.79. The third kappa shape index (κ3) is 4.15. The van der Waals surface area contributed by atoms with Crippen molar-refractivity contribution in [3.05, 3.63) is 0 Å². The Kier molecular flexibility index (Phi) is 5.08. The average Bonchev–Trinajstić information content (AvgIpc) is 2.37.